The summed E-state index contributed by atoms with van der Waals surface area (Å²) in [4.78, 5) is 0. The van der Waals surface area contributed by atoms with E-state index in [0.717, 1.165) is 0 Å². The minimum absolute atomic E-state index is 0.00215. The lowest BCUT2D eigenvalue weighted by molar-refractivity contribution is -0.274. The zero-order valence-electron chi connectivity index (χ0n) is 7.31. The second-order valence-electron chi connectivity index (χ2n) is 2.66. The van der Waals surface area contributed by atoms with E-state index in [0.29, 0.717) is 0 Å². The van der Waals surface area contributed by atoms with Crippen molar-refractivity contribution in [1.29, 1.82) is 0 Å². The first-order valence-electron chi connectivity index (χ1n) is 3.78. The van der Waals surface area contributed by atoms with Crippen LogP contribution in [0.2, 0.25) is 0 Å². The zero-order chi connectivity index (χ0) is 11.6. The van der Waals surface area contributed by atoms with Crippen molar-refractivity contribution in [2.45, 2.75) is 13.0 Å². The summed E-state index contributed by atoms with van der Waals surface area (Å²) in [7, 11) is 0. The average molecular weight is 286 g/mol. The molecule has 0 heterocycles. The highest BCUT2D eigenvalue weighted by Crippen LogP contribution is 2.37. The topological polar surface area (TPSA) is 55.5 Å². The smallest absolute Gasteiger partial charge is 0.402 e. The molecule has 0 radical (unpaired) electrons. The van der Waals surface area contributed by atoms with Crippen molar-refractivity contribution < 1.29 is 23.0 Å². The van der Waals surface area contributed by atoms with Gasteiger partial charge in [-0.15, -0.1) is 13.2 Å². The predicted molar refractivity (Wildman–Crippen MR) is 51.2 cm³/mol. The summed E-state index contributed by atoms with van der Waals surface area (Å²) in [5.41, 5.74) is 5.43. The van der Waals surface area contributed by atoms with Gasteiger partial charge in [-0.3, -0.25) is 0 Å². The Bertz CT molecular complexity index is 368. The summed E-state index contributed by atoms with van der Waals surface area (Å²) in [5.74, 6) is -0.533. The molecule has 0 saturated heterocycles. The van der Waals surface area contributed by atoms with Gasteiger partial charge in [0.15, 0.2) is 5.75 Å². The van der Waals surface area contributed by atoms with E-state index >= 15 is 0 Å². The summed E-state index contributed by atoms with van der Waals surface area (Å²) in [6, 6.07) is 2.64. The molecule has 84 valence electrons. The Balaban J connectivity index is 3.15. The highest BCUT2D eigenvalue weighted by atomic mass is 79.9. The molecular weight excluding hydrogens is 279 g/mol. The Kier molecular flexibility index (Phi) is 3.46. The van der Waals surface area contributed by atoms with Gasteiger partial charge in [-0.2, -0.15) is 0 Å². The molecule has 1 aromatic rings. The third kappa shape index (κ3) is 3.00. The van der Waals surface area contributed by atoms with Crippen molar-refractivity contribution in [3.05, 3.63) is 22.2 Å². The Labute approximate surface area is 91.8 Å². The van der Waals surface area contributed by atoms with Gasteiger partial charge in [0.1, 0.15) is 0 Å². The molecular formula is C8H7BrF3NO2. The molecule has 0 aliphatic rings. The molecule has 3 nitrogen and oxygen atoms in total. The summed E-state index contributed by atoms with van der Waals surface area (Å²) in [6.07, 6.45) is -4.81. The van der Waals surface area contributed by atoms with Crippen LogP contribution in [0.15, 0.2) is 16.6 Å². The predicted octanol–water partition coefficient (Wildman–Crippen LogP) is 2.42. The van der Waals surface area contributed by atoms with Gasteiger partial charge in [-0.05, 0) is 27.6 Å². The number of benzene rings is 1. The quantitative estimate of drug-likeness (QED) is 0.821. The fourth-order valence-electron chi connectivity index (χ4n) is 0.953. The molecule has 0 spiro atoms. The van der Waals surface area contributed by atoms with Gasteiger partial charge in [0.05, 0.1) is 16.8 Å². The van der Waals surface area contributed by atoms with Crippen LogP contribution in [0.25, 0.3) is 0 Å². The van der Waals surface area contributed by atoms with Crippen molar-refractivity contribution in [1.82, 2.24) is 0 Å². The minimum Gasteiger partial charge on any atom is -0.402 e. The van der Waals surface area contributed by atoms with E-state index in [4.69, 9.17) is 10.8 Å². The van der Waals surface area contributed by atoms with Crippen molar-refractivity contribution >= 4 is 21.6 Å². The molecule has 0 aliphatic carbocycles. The van der Waals surface area contributed by atoms with Crippen molar-refractivity contribution in [3.8, 4) is 5.75 Å². The number of halogens is 4. The highest BCUT2D eigenvalue weighted by molar-refractivity contribution is 9.10. The number of hydrogen-bond donors (Lipinski definition) is 2. The average Bonchev–Trinajstić information content (AvgIpc) is 2.11. The first-order valence-corrected chi connectivity index (χ1v) is 4.58. The summed E-state index contributed by atoms with van der Waals surface area (Å²) in [5, 5.41) is 8.82. The number of nitrogens with two attached hydrogens (primary N) is 1. The van der Waals surface area contributed by atoms with Crippen LogP contribution in [0.1, 0.15) is 5.56 Å². The lowest BCUT2D eigenvalue weighted by Gasteiger charge is -2.14. The van der Waals surface area contributed by atoms with Crippen LogP contribution >= 0.6 is 15.9 Å². The monoisotopic (exact) mass is 285 g/mol. The molecule has 1 aromatic carbocycles. The lowest BCUT2D eigenvalue weighted by Crippen LogP contribution is -2.18. The van der Waals surface area contributed by atoms with Crippen molar-refractivity contribution in [2.75, 3.05) is 5.73 Å². The van der Waals surface area contributed by atoms with E-state index in [1.807, 2.05) is 0 Å². The molecule has 0 fully saturated rings. The second-order valence-corrected chi connectivity index (χ2v) is 3.46. The van der Waals surface area contributed by atoms with Gasteiger partial charge in [0.25, 0.3) is 0 Å². The Hall–Kier alpha value is -0.950. The van der Waals surface area contributed by atoms with Crippen LogP contribution in [0.3, 0.4) is 0 Å². The summed E-state index contributed by atoms with van der Waals surface area (Å²) < 4.78 is 39.7. The third-order valence-corrected chi connectivity index (χ3v) is 2.47. The molecule has 3 N–H and O–H groups in total. The molecule has 0 atom stereocenters. The van der Waals surface area contributed by atoms with Gasteiger partial charge in [0.2, 0.25) is 0 Å². The van der Waals surface area contributed by atoms with Crippen LogP contribution in [-0.4, -0.2) is 11.5 Å². The van der Waals surface area contributed by atoms with E-state index in [-0.39, 0.29) is 15.7 Å². The first kappa shape index (κ1) is 12.1. The molecule has 0 saturated carbocycles. The molecule has 0 aliphatic heterocycles. The zero-order valence-corrected chi connectivity index (χ0v) is 8.89. The summed E-state index contributed by atoms with van der Waals surface area (Å²) >= 11 is 2.88. The van der Waals surface area contributed by atoms with Gasteiger partial charge in [0, 0.05) is 0 Å². The van der Waals surface area contributed by atoms with E-state index in [9.17, 15) is 13.2 Å². The van der Waals surface area contributed by atoms with Crippen LogP contribution in [0, 0.1) is 0 Å². The number of rotatable bonds is 2. The van der Waals surface area contributed by atoms with Crippen molar-refractivity contribution in [3.63, 3.8) is 0 Å². The number of hydrogen-bond acceptors (Lipinski definition) is 3. The molecule has 0 aromatic heterocycles. The van der Waals surface area contributed by atoms with Crippen LogP contribution in [0.5, 0.6) is 5.75 Å². The largest absolute Gasteiger partial charge is 0.573 e. The maximum atomic E-state index is 12.0. The molecule has 15 heavy (non-hydrogen) atoms. The van der Waals surface area contributed by atoms with Gasteiger partial charge < -0.3 is 15.6 Å². The van der Waals surface area contributed by atoms with Gasteiger partial charge >= 0.3 is 6.36 Å². The minimum atomic E-state index is -4.81. The van der Waals surface area contributed by atoms with Crippen LogP contribution in [-0.2, 0) is 6.61 Å². The van der Waals surface area contributed by atoms with Crippen LogP contribution < -0.4 is 10.5 Å². The maximum absolute atomic E-state index is 12.0. The SMILES string of the molecule is Nc1ccc(CO)c(Br)c1OC(F)(F)F. The van der Waals surface area contributed by atoms with E-state index < -0.39 is 18.7 Å². The summed E-state index contributed by atoms with van der Waals surface area (Å²) in [6.45, 7) is -0.408. The van der Waals surface area contributed by atoms with E-state index in [1.165, 1.54) is 12.1 Å². The van der Waals surface area contributed by atoms with Gasteiger partial charge in [-0.25, -0.2) is 0 Å². The van der Waals surface area contributed by atoms with E-state index in [2.05, 4.69) is 20.7 Å². The van der Waals surface area contributed by atoms with Crippen molar-refractivity contribution in [2.24, 2.45) is 0 Å². The maximum Gasteiger partial charge on any atom is 0.573 e. The number of ether oxygens (including phenoxy) is 1. The first-order chi connectivity index (χ1) is 6.85. The Morgan fingerprint density at radius 2 is 2.00 bits per heavy atom. The Morgan fingerprint density at radius 3 is 2.47 bits per heavy atom. The number of nitrogen functional groups attached to an aromatic ring is 1. The molecule has 0 amide bonds. The van der Waals surface area contributed by atoms with Crippen LogP contribution in [0.4, 0.5) is 18.9 Å². The Morgan fingerprint density at radius 1 is 1.40 bits per heavy atom. The normalized spacial score (nSPS) is 11.5. The lowest BCUT2D eigenvalue weighted by atomic mass is 10.2. The third-order valence-electron chi connectivity index (χ3n) is 1.60. The van der Waals surface area contributed by atoms with Gasteiger partial charge in [-0.1, -0.05) is 6.07 Å². The molecule has 0 bridgehead atoms. The fourth-order valence-corrected chi connectivity index (χ4v) is 1.52. The second kappa shape index (κ2) is 4.28. The molecule has 7 heteroatoms. The fraction of sp³-hybridized carbons (Fsp3) is 0.250. The number of aliphatic hydroxyl groups excluding tert-OH is 1. The molecule has 0 unspecified atom stereocenters. The molecule has 1 rings (SSSR count). The highest BCUT2D eigenvalue weighted by Gasteiger charge is 2.33. The standard InChI is InChI=1S/C8H7BrF3NO2/c9-6-4(3-14)1-2-5(13)7(6)15-8(10,11)12/h1-2,14H,3,13H2. The van der Waals surface area contributed by atoms with E-state index in [1.54, 1.807) is 0 Å². The number of alkyl halides is 3. The number of aliphatic hydroxyl groups is 1. The number of anilines is 1.